The fraction of sp³-hybridized carbons (Fsp3) is 0.467. The van der Waals surface area contributed by atoms with Crippen LogP contribution in [0.5, 0.6) is 0 Å². The second-order valence-electron chi connectivity index (χ2n) is 4.94. The number of hydrogen-bond donors (Lipinski definition) is 3. The first-order valence-electron chi connectivity index (χ1n) is 6.75. The molecule has 0 saturated heterocycles. The van der Waals surface area contributed by atoms with E-state index in [0.29, 0.717) is 12.8 Å². The fourth-order valence-corrected chi connectivity index (χ4v) is 2.16. The van der Waals surface area contributed by atoms with E-state index in [9.17, 15) is 14.7 Å². The molecule has 1 rings (SSSR count). The molecule has 5 nitrogen and oxygen atoms in total. The molecule has 0 fully saturated rings. The molecule has 3 N–H and O–H groups in total. The molecule has 0 spiro atoms. The standard InChI is InChI=1S/C15H22N2O3/c1-5-15(6-2,13(18)19)17-14(20)16-12-10(3)8-7-9-11(12)4/h7-9H,5-6H2,1-4H3,(H,18,19)(H2,16,17,20). The van der Waals surface area contributed by atoms with Gasteiger partial charge in [-0.05, 0) is 37.8 Å². The van der Waals surface area contributed by atoms with E-state index in [2.05, 4.69) is 10.6 Å². The Morgan fingerprint density at radius 2 is 1.65 bits per heavy atom. The Bertz CT molecular complexity index is 488. The van der Waals surface area contributed by atoms with Crippen molar-refractivity contribution < 1.29 is 14.7 Å². The number of nitrogens with one attached hydrogen (secondary N) is 2. The number of aliphatic carboxylic acids is 1. The fourth-order valence-electron chi connectivity index (χ4n) is 2.16. The van der Waals surface area contributed by atoms with Crippen LogP contribution in [0.15, 0.2) is 18.2 Å². The molecule has 20 heavy (non-hydrogen) atoms. The van der Waals surface area contributed by atoms with Crippen LogP contribution in [0.25, 0.3) is 0 Å². The summed E-state index contributed by atoms with van der Waals surface area (Å²) in [6, 6.07) is 5.21. The quantitative estimate of drug-likeness (QED) is 0.774. The summed E-state index contributed by atoms with van der Waals surface area (Å²) < 4.78 is 0. The molecule has 0 atom stereocenters. The number of hydrogen-bond acceptors (Lipinski definition) is 2. The number of anilines is 1. The first kappa shape index (κ1) is 16.0. The molecule has 0 aromatic heterocycles. The molecule has 1 aromatic rings. The lowest BCUT2D eigenvalue weighted by Crippen LogP contribution is -2.55. The van der Waals surface area contributed by atoms with Gasteiger partial charge in [-0.15, -0.1) is 0 Å². The van der Waals surface area contributed by atoms with Crippen molar-refractivity contribution in [1.29, 1.82) is 0 Å². The third kappa shape index (κ3) is 3.29. The van der Waals surface area contributed by atoms with Crippen molar-refractivity contribution in [3.63, 3.8) is 0 Å². The van der Waals surface area contributed by atoms with Gasteiger partial charge in [-0.3, -0.25) is 0 Å². The normalized spacial score (nSPS) is 11.0. The lowest BCUT2D eigenvalue weighted by Gasteiger charge is -2.28. The third-order valence-corrected chi connectivity index (χ3v) is 3.69. The largest absolute Gasteiger partial charge is 0.480 e. The van der Waals surface area contributed by atoms with Gasteiger partial charge in [-0.2, -0.15) is 0 Å². The smallest absolute Gasteiger partial charge is 0.329 e. The summed E-state index contributed by atoms with van der Waals surface area (Å²) in [5.41, 5.74) is 1.38. The lowest BCUT2D eigenvalue weighted by atomic mass is 9.93. The molecule has 110 valence electrons. The second kappa shape index (κ2) is 6.41. The Hall–Kier alpha value is -2.04. The summed E-state index contributed by atoms with van der Waals surface area (Å²) >= 11 is 0. The molecule has 0 aliphatic carbocycles. The minimum Gasteiger partial charge on any atom is -0.480 e. The molecule has 0 heterocycles. The first-order chi connectivity index (χ1) is 9.36. The van der Waals surface area contributed by atoms with Gasteiger partial charge in [0.1, 0.15) is 5.54 Å². The average Bonchev–Trinajstić information content (AvgIpc) is 2.40. The summed E-state index contributed by atoms with van der Waals surface area (Å²) in [6.45, 7) is 7.28. The Kier molecular flexibility index (Phi) is 5.13. The molecule has 0 aliphatic rings. The van der Waals surface area contributed by atoms with Gasteiger partial charge in [-0.1, -0.05) is 32.0 Å². The van der Waals surface area contributed by atoms with Crippen molar-refractivity contribution in [2.45, 2.75) is 46.1 Å². The molecule has 1 aromatic carbocycles. The van der Waals surface area contributed by atoms with Gasteiger partial charge in [0.2, 0.25) is 0 Å². The Labute approximate surface area is 119 Å². The number of rotatable bonds is 5. The van der Waals surface area contributed by atoms with Gasteiger partial charge in [0.05, 0.1) is 0 Å². The first-order valence-corrected chi connectivity index (χ1v) is 6.75. The van der Waals surface area contributed by atoms with Gasteiger partial charge in [0.25, 0.3) is 0 Å². The average molecular weight is 278 g/mol. The zero-order valence-corrected chi connectivity index (χ0v) is 12.4. The predicted molar refractivity (Wildman–Crippen MR) is 79.0 cm³/mol. The van der Waals surface area contributed by atoms with E-state index >= 15 is 0 Å². The van der Waals surface area contributed by atoms with Crippen LogP contribution < -0.4 is 10.6 Å². The van der Waals surface area contributed by atoms with Gasteiger partial charge < -0.3 is 15.7 Å². The maximum atomic E-state index is 12.1. The minimum absolute atomic E-state index is 0.332. The number of amides is 2. The van der Waals surface area contributed by atoms with Crippen LogP contribution in [-0.2, 0) is 4.79 Å². The highest BCUT2D eigenvalue weighted by Crippen LogP contribution is 2.20. The van der Waals surface area contributed by atoms with E-state index in [1.54, 1.807) is 13.8 Å². The van der Waals surface area contributed by atoms with Crippen LogP contribution in [-0.4, -0.2) is 22.6 Å². The van der Waals surface area contributed by atoms with Crippen LogP contribution >= 0.6 is 0 Å². The van der Waals surface area contributed by atoms with Crippen molar-refractivity contribution >= 4 is 17.7 Å². The number of carbonyl (C=O) groups excluding carboxylic acids is 1. The van der Waals surface area contributed by atoms with Crippen LogP contribution in [0.1, 0.15) is 37.8 Å². The van der Waals surface area contributed by atoms with E-state index < -0.39 is 17.5 Å². The molecule has 0 saturated carbocycles. The van der Waals surface area contributed by atoms with E-state index in [1.165, 1.54) is 0 Å². The number of urea groups is 1. The number of para-hydroxylation sites is 1. The van der Waals surface area contributed by atoms with Crippen molar-refractivity contribution in [2.75, 3.05) is 5.32 Å². The summed E-state index contributed by atoms with van der Waals surface area (Å²) in [7, 11) is 0. The van der Waals surface area contributed by atoms with Crippen molar-refractivity contribution in [3.05, 3.63) is 29.3 Å². The van der Waals surface area contributed by atoms with Crippen molar-refractivity contribution in [2.24, 2.45) is 0 Å². The molecule has 0 radical (unpaired) electrons. The maximum absolute atomic E-state index is 12.1. The van der Waals surface area contributed by atoms with Crippen molar-refractivity contribution in [3.8, 4) is 0 Å². The van der Waals surface area contributed by atoms with Gasteiger partial charge >= 0.3 is 12.0 Å². The monoisotopic (exact) mass is 278 g/mol. The number of carboxylic acid groups (broad SMARTS) is 1. The highest BCUT2D eigenvalue weighted by atomic mass is 16.4. The van der Waals surface area contributed by atoms with Crippen LogP contribution in [0.2, 0.25) is 0 Å². The zero-order valence-electron chi connectivity index (χ0n) is 12.4. The number of benzene rings is 1. The third-order valence-electron chi connectivity index (χ3n) is 3.69. The molecule has 0 aliphatic heterocycles. The summed E-state index contributed by atoms with van der Waals surface area (Å²) in [5, 5.41) is 14.6. The van der Waals surface area contributed by atoms with Gasteiger partial charge in [0, 0.05) is 5.69 Å². The highest BCUT2D eigenvalue weighted by molar-refractivity contribution is 5.95. The Morgan fingerprint density at radius 3 is 2.05 bits per heavy atom. The van der Waals surface area contributed by atoms with Gasteiger partial charge in [0.15, 0.2) is 0 Å². The summed E-state index contributed by atoms with van der Waals surface area (Å²) in [6.07, 6.45) is 0.665. The van der Waals surface area contributed by atoms with E-state index in [0.717, 1.165) is 16.8 Å². The van der Waals surface area contributed by atoms with E-state index in [1.807, 2.05) is 32.0 Å². The summed E-state index contributed by atoms with van der Waals surface area (Å²) in [4.78, 5) is 23.4. The lowest BCUT2D eigenvalue weighted by molar-refractivity contribution is -0.144. The molecular formula is C15H22N2O3. The van der Waals surface area contributed by atoms with Crippen LogP contribution in [0.4, 0.5) is 10.5 Å². The highest BCUT2D eigenvalue weighted by Gasteiger charge is 2.36. The Balaban J connectivity index is 2.89. The van der Waals surface area contributed by atoms with E-state index in [-0.39, 0.29) is 0 Å². The SMILES string of the molecule is CCC(CC)(NC(=O)Nc1c(C)cccc1C)C(=O)O. The van der Waals surface area contributed by atoms with Crippen LogP contribution in [0.3, 0.4) is 0 Å². The van der Waals surface area contributed by atoms with Crippen LogP contribution in [0, 0.1) is 13.8 Å². The molecule has 2 amide bonds. The predicted octanol–water partition coefficient (Wildman–Crippen LogP) is 3.07. The summed E-state index contributed by atoms with van der Waals surface area (Å²) in [5.74, 6) is -1.01. The maximum Gasteiger partial charge on any atom is 0.329 e. The van der Waals surface area contributed by atoms with Gasteiger partial charge in [-0.25, -0.2) is 9.59 Å². The zero-order chi connectivity index (χ0) is 15.3. The number of aryl methyl sites for hydroxylation is 2. The number of carboxylic acids is 1. The van der Waals surface area contributed by atoms with E-state index in [4.69, 9.17) is 0 Å². The molecule has 0 unspecified atom stereocenters. The molecular weight excluding hydrogens is 256 g/mol. The molecule has 5 heteroatoms. The van der Waals surface area contributed by atoms with Crippen molar-refractivity contribution in [1.82, 2.24) is 5.32 Å². The second-order valence-corrected chi connectivity index (χ2v) is 4.94. The Morgan fingerprint density at radius 1 is 1.15 bits per heavy atom. The minimum atomic E-state index is -1.22. The molecule has 0 bridgehead atoms. The number of carbonyl (C=O) groups is 2. The topological polar surface area (TPSA) is 78.4 Å².